The maximum absolute atomic E-state index is 12.7. The molecule has 6 nitrogen and oxygen atoms in total. The molecule has 1 N–H and O–H groups in total. The van der Waals surface area contributed by atoms with Crippen molar-refractivity contribution in [1.82, 2.24) is 9.78 Å². The van der Waals surface area contributed by atoms with Gasteiger partial charge in [0.2, 0.25) is 5.91 Å². The summed E-state index contributed by atoms with van der Waals surface area (Å²) in [6.07, 6.45) is 1.50. The second kappa shape index (κ2) is 7.46. The number of carbonyl (C=O) groups excluding carboxylic acids is 2. The Morgan fingerprint density at radius 1 is 1.26 bits per heavy atom. The molecule has 7 heteroatoms. The number of aromatic nitrogens is 2. The lowest BCUT2D eigenvalue weighted by atomic mass is 10.0. The van der Waals surface area contributed by atoms with Gasteiger partial charge in [0, 0.05) is 16.5 Å². The summed E-state index contributed by atoms with van der Waals surface area (Å²) < 4.78 is 7.54. The van der Waals surface area contributed by atoms with Gasteiger partial charge < -0.3 is 10.1 Å². The predicted octanol–water partition coefficient (Wildman–Crippen LogP) is 5.05. The van der Waals surface area contributed by atoms with Gasteiger partial charge in [-0.3, -0.25) is 4.79 Å². The van der Waals surface area contributed by atoms with Crippen LogP contribution in [0.3, 0.4) is 0 Å². The van der Waals surface area contributed by atoms with Crippen molar-refractivity contribution in [1.29, 1.82) is 0 Å². The van der Waals surface area contributed by atoms with Crippen molar-refractivity contribution in [2.45, 2.75) is 58.0 Å². The molecule has 1 atom stereocenters. The Bertz CT molecular complexity index is 848. The third-order valence-corrected chi connectivity index (χ3v) is 4.83. The van der Waals surface area contributed by atoms with Gasteiger partial charge in [-0.05, 0) is 58.2 Å². The average molecular weight is 434 g/mol. The van der Waals surface area contributed by atoms with Crippen LogP contribution in [0, 0.1) is 0 Å². The van der Waals surface area contributed by atoms with Crippen molar-refractivity contribution in [3.63, 3.8) is 0 Å². The number of carbonyl (C=O) groups is 2. The molecule has 1 aromatic carbocycles. The molecular weight excluding hydrogens is 410 g/mol. The summed E-state index contributed by atoms with van der Waals surface area (Å²) in [4.78, 5) is 25.3. The van der Waals surface area contributed by atoms with Crippen LogP contribution in [-0.2, 0) is 9.53 Å². The van der Waals surface area contributed by atoms with Crippen LogP contribution in [-0.4, -0.2) is 27.4 Å². The molecule has 1 amide bonds. The average Bonchev–Trinajstić information content (AvgIpc) is 3.34. The molecule has 0 spiro atoms. The van der Waals surface area contributed by atoms with E-state index in [0.29, 0.717) is 11.7 Å². The molecule has 1 unspecified atom stereocenters. The highest BCUT2D eigenvalue weighted by atomic mass is 79.9. The predicted molar refractivity (Wildman–Crippen MR) is 107 cm³/mol. The molecule has 0 radical (unpaired) electrons. The lowest BCUT2D eigenvalue weighted by Crippen LogP contribution is -2.29. The Labute approximate surface area is 167 Å². The molecule has 3 rings (SSSR count). The summed E-state index contributed by atoms with van der Waals surface area (Å²) in [6.45, 7) is 7.22. The van der Waals surface area contributed by atoms with Crippen molar-refractivity contribution >= 4 is 33.7 Å². The van der Waals surface area contributed by atoms with Gasteiger partial charge in [0.05, 0.1) is 11.6 Å². The Hall–Kier alpha value is -2.15. The third-order valence-electron chi connectivity index (χ3n) is 4.30. The Morgan fingerprint density at radius 2 is 1.89 bits per heavy atom. The van der Waals surface area contributed by atoms with Crippen LogP contribution in [0.4, 0.5) is 10.6 Å². The number of hydrogen-bond donors (Lipinski definition) is 1. The number of rotatable bonds is 4. The number of hydrogen-bond acceptors (Lipinski definition) is 4. The monoisotopic (exact) mass is 433 g/mol. The summed E-state index contributed by atoms with van der Waals surface area (Å²) in [5.74, 6) is 0.127. The first-order valence-electron chi connectivity index (χ1n) is 9.03. The van der Waals surface area contributed by atoms with Gasteiger partial charge in [-0.1, -0.05) is 28.1 Å². The quantitative estimate of drug-likeness (QED) is 0.731. The van der Waals surface area contributed by atoms with Crippen LogP contribution >= 0.6 is 15.9 Å². The van der Waals surface area contributed by atoms with Crippen molar-refractivity contribution in [3.05, 3.63) is 46.1 Å². The highest BCUT2D eigenvalue weighted by Gasteiger charge is 2.30. The highest BCUT2D eigenvalue weighted by Crippen LogP contribution is 2.40. The number of benzene rings is 1. The maximum atomic E-state index is 12.7. The molecule has 144 valence electrons. The van der Waals surface area contributed by atoms with Gasteiger partial charge in [0.1, 0.15) is 11.4 Å². The van der Waals surface area contributed by atoms with E-state index < -0.39 is 11.7 Å². The maximum Gasteiger partial charge on any atom is 0.437 e. The Balaban J connectivity index is 1.81. The zero-order chi connectivity index (χ0) is 19.8. The number of nitrogens with zero attached hydrogens (tertiary/aromatic N) is 2. The minimum Gasteiger partial charge on any atom is -0.442 e. The van der Waals surface area contributed by atoms with Gasteiger partial charge in [0.25, 0.3) is 0 Å². The molecule has 27 heavy (non-hydrogen) atoms. The van der Waals surface area contributed by atoms with Crippen LogP contribution in [0.15, 0.2) is 34.8 Å². The van der Waals surface area contributed by atoms with Crippen LogP contribution in [0.5, 0.6) is 0 Å². The number of halogens is 1. The molecule has 1 aromatic heterocycles. The summed E-state index contributed by atoms with van der Waals surface area (Å²) in [7, 11) is 0. The second-order valence-electron chi connectivity index (χ2n) is 7.88. The minimum atomic E-state index is -0.644. The first kappa shape index (κ1) is 19.6. The zero-order valence-corrected chi connectivity index (χ0v) is 17.5. The van der Waals surface area contributed by atoms with Gasteiger partial charge in [-0.15, -0.1) is 4.68 Å². The van der Waals surface area contributed by atoms with E-state index in [1.165, 1.54) is 0 Å². The molecule has 1 fully saturated rings. The number of nitrogens with one attached hydrogen (secondary N) is 1. The van der Waals surface area contributed by atoms with Gasteiger partial charge >= 0.3 is 6.09 Å². The fourth-order valence-corrected chi connectivity index (χ4v) is 2.91. The summed E-state index contributed by atoms with van der Waals surface area (Å²) >= 11 is 3.39. The molecule has 1 heterocycles. The Kier molecular flexibility index (Phi) is 5.42. The van der Waals surface area contributed by atoms with Crippen LogP contribution in [0.1, 0.15) is 63.6 Å². The van der Waals surface area contributed by atoms with Crippen molar-refractivity contribution in [2.24, 2.45) is 0 Å². The zero-order valence-electron chi connectivity index (χ0n) is 16.0. The van der Waals surface area contributed by atoms with Crippen molar-refractivity contribution in [3.8, 4) is 0 Å². The van der Waals surface area contributed by atoms with E-state index in [1.54, 1.807) is 26.8 Å². The summed E-state index contributed by atoms with van der Waals surface area (Å²) in [5, 5.41) is 7.22. The first-order valence-corrected chi connectivity index (χ1v) is 9.83. The fourth-order valence-electron chi connectivity index (χ4n) is 2.65. The largest absolute Gasteiger partial charge is 0.442 e. The van der Waals surface area contributed by atoms with E-state index in [4.69, 9.17) is 4.74 Å². The van der Waals surface area contributed by atoms with Crippen LogP contribution in [0.2, 0.25) is 0 Å². The van der Waals surface area contributed by atoms with Crippen LogP contribution < -0.4 is 5.32 Å². The van der Waals surface area contributed by atoms with E-state index in [2.05, 4.69) is 26.3 Å². The smallest absolute Gasteiger partial charge is 0.437 e. The lowest BCUT2D eigenvalue weighted by Gasteiger charge is -2.20. The number of amides is 1. The SMILES string of the molecule is CC(C(=O)Nc1cc(C2CC2)nn1C(=O)OC(C)(C)C)c1ccc(Br)cc1. The summed E-state index contributed by atoms with van der Waals surface area (Å²) in [5.41, 5.74) is 1.06. The van der Waals surface area contributed by atoms with E-state index in [9.17, 15) is 9.59 Å². The third kappa shape index (κ3) is 4.97. The van der Waals surface area contributed by atoms with Crippen LogP contribution in [0.25, 0.3) is 0 Å². The fraction of sp³-hybridized carbons (Fsp3) is 0.450. The normalized spacial score (nSPS) is 15.3. The molecule has 0 bridgehead atoms. The van der Waals surface area contributed by atoms with E-state index in [1.807, 2.05) is 31.2 Å². The van der Waals surface area contributed by atoms with Crippen molar-refractivity contribution < 1.29 is 14.3 Å². The molecule has 0 aliphatic heterocycles. The lowest BCUT2D eigenvalue weighted by molar-refractivity contribution is -0.117. The van der Waals surface area contributed by atoms with Gasteiger partial charge in [-0.25, -0.2) is 4.79 Å². The summed E-state index contributed by atoms with van der Waals surface area (Å²) in [6, 6.07) is 9.36. The molecular formula is C20H24BrN3O3. The first-order chi connectivity index (χ1) is 12.6. The second-order valence-corrected chi connectivity index (χ2v) is 8.80. The minimum absolute atomic E-state index is 0.204. The van der Waals surface area contributed by atoms with Gasteiger partial charge in [0.15, 0.2) is 0 Å². The molecule has 0 saturated heterocycles. The highest BCUT2D eigenvalue weighted by molar-refractivity contribution is 9.10. The van der Waals surface area contributed by atoms with Gasteiger partial charge in [-0.2, -0.15) is 5.10 Å². The molecule has 1 aliphatic carbocycles. The standard InChI is InChI=1S/C20H24BrN3O3/c1-12(13-7-9-15(21)10-8-13)18(25)22-17-11-16(14-5-6-14)23-24(17)19(26)27-20(2,3)4/h7-12,14H,5-6H2,1-4H3,(H,22,25). The number of anilines is 1. The van der Waals surface area contributed by atoms with E-state index in [0.717, 1.165) is 33.3 Å². The topological polar surface area (TPSA) is 73.2 Å². The molecule has 1 saturated carbocycles. The van der Waals surface area contributed by atoms with E-state index in [-0.39, 0.29) is 11.8 Å². The van der Waals surface area contributed by atoms with Crippen molar-refractivity contribution in [2.75, 3.05) is 5.32 Å². The number of ether oxygens (including phenoxy) is 1. The van der Waals surface area contributed by atoms with E-state index >= 15 is 0 Å². The Morgan fingerprint density at radius 3 is 2.44 bits per heavy atom. The molecule has 2 aromatic rings. The molecule has 1 aliphatic rings.